The van der Waals surface area contributed by atoms with Gasteiger partial charge in [0.2, 0.25) is 0 Å². The van der Waals surface area contributed by atoms with Crippen LogP contribution in [0.1, 0.15) is 36.8 Å². The Balaban J connectivity index is 2.42. The van der Waals surface area contributed by atoms with Crippen molar-refractivity contribution in [3.05, 3.63) is 17.1 Å². The second kappa shape index (κ2) is 5.00. The highest BCUT2D eigenvalue weighted by Gasteiger charge is 2.20. The monoisotopic (exact) mass is 234 g/mol. The molecule has 1 aromatic rings. The number of piperazine rings is 1. The first-order chi connectivity index (χ1) is 8.09. The number of aromatic nitrogens is 2. The summed E-state index contributed by atoms with van der Waals surface area (Å²) in [6, 6.07) is 0. The smallest absolute Gasteiger partial charge is 0.136 e. The van der Waals surface area contributed by atoms with Crippen molar-refractivity contribution in [2.45, 2.75) is 33.6 Å². The van der Waals surface area contributed by atoms with Gasteiger partial charge in [-0.1, -0.05) is 13.8 Å². The molecule has 94 valence electrons. The van der Waals surface area contributed by atoms with Gasteiger partial charge in [0.15, 0.2) is 0 Å². The number of hydrogen-bond acceptors (Lipinski definition) is 4. The third-order valence-corrected chi connectivity index (χ3v) is 3.22. The lowest BCUT2D eigenvalue weighted by molar-refractivity contribution is 0.579. The molecule has 1 fully saturated rings. The molecule has 0 bridgehead atoms. The molecule has 0 spiro atoms. The first kappa shape index (κ1) is 12.3. The van der Waals surface area contributed by atoms with E-state index in [9.17, 15) is 0 Å². The molecular weight excluding hydrogens is 212 g/mol. The van der Waals surface area contributed by atoms with Gasteiger partial charge in [-0.15, -0.1) is 0 Å². The van der Waals surface area contributed by atoms with Gasteiger partial charge in [-0.2, -0.15) is 0 Å². The van der Waals surface area contributed by atoms with Crippen LogP contribution in [0.5, 0.6) is 0 Å². The van der Waals surface area contributed by atoms with Crippen molar-refractivity contribution in [2.24, 2.45) is 0 Å². The first-order valence-corrected chi connectivity index (χ1v) is 6.40. The van der Waals surface area contributed by atoms with Crippen LogP contribution in [0.15, 0.2) is 0 Å². The summed E-state index contributed by atoms with van der Waals surface area (Å²) >= 11 is 0. The second-order valence-electron chi connectivity index (χ2n) is 4.99. The molecule has 0 radical (unpaired) electrons. The highest BCUT2D eigenvalue weighted by Crippen LogP contribution is 2.28. The minimum absolute atomic E-state index is 0.473. The Morgan fingerprint density at radius 2 is 1.76 bits per heavy atom. The van der Waals surface area contributed by atoms with Crippen molar-refractivity contribution in [1.29, 1.82) is 0 Å². The van der Waals surface area contributed by atoms with Crippen LogP contribution >= 0.6 is 0 Å². The minimum Gasteiger partial charge on any atom is -0.354 e. The maximum absolute atomic E-state index is 4.67. The number of rotatable bonds is 2. The fourth-order valence-electron chi connectivity index (χ4n) is 2.50. The highest BCUT2D eigenvalue weighted by molar-refractivity contribution is 5.51. The van der Waals surface area contributed by atoms with E-state index in [0.717, 1.165) is 43.5 Å². The van der Waals surface area contributed by atoms with Crippen LogP contribution in [0.3, 0.4) is 0 Å². The van der Waals surface area contributed by atoms with E-state index < -0.39 is 0 Å². The first-order valence-electron chi connectivity index (χ1n) is 6.40. The van der Waals surface area contributed by atoms with Crippen LogP contribution in [0.2, 0.25) is 0 Å². The number of nitrogens with zero attached hydrogens (tertiary/aromatic N) is 3. The summed E-state index contributed by atoms with van der Waals surface area (Å²) in [7, 11) is 0. The Kier molecular flexibility index (Phi) is 3.62. The lowest BCUT2D eigenvalue weighted by Crippen LogP contribution is -2.44. The van der Waals surface area contributed by atoms with E-state index in [1.165, 1.54) is 5.56 Å². The third-order valence-electron chi connectivity index (χ3n) is 3.22. The number of anilines is 1. The molecule has 1 aliphatic rings. The van der Waals surface area contributed by atoms with Gasteiger partial charge in [0, 0.05) is 37.4 Å². The van der Waals surface area contributed by atoms with Gasteiger partial charge >= 0.3 is 0 Å². The van der Waals surface area contributed by atoms with Crippen molar-refractivity contribution in [2.75, 3.05) is 31.1 Å². The van der Waals surface area contributed by atoms with Crippen molar-refractivity contribution >= 4 is 5.82 Å². The fourth-order valence-corrected chi connectivity index (χ4v) is 2.50. The Morgan fingerprint density at radius 1 is 1.12 bits per heavy atom. The Hall–Kier alpha value is -1.16. The molecule has 4 heteroatoms. The van der Waals surface area contributed by atoms with Gasteiger partial charge in [0.25, 0.3) is 0 Å². The molecule has 4 nitrogen and oxygen atoms in total. The summed E-state index contributed by atoms with van der Waals surface area (Å²) in [6.45, 7) is 12.7. The van der Waals surface area contributed by atoms with E-state index in [4.69, 9.17) is 0 Å². The van der Waals surface area contributed by atoms with Crippen LogP contribution in [0.25, 0.3) is 0 Å². The quantitative estimate of drug-likeness (QED) is 0.844. The topological polar surface area (TPSA) is 41.1 Å². The third kappa shape index (κ3) is 2.57. The number of hydrogen-bond donors (Lipinski definition) is 1. The van der Waals surface area contributed by atoms with Crippen LogP contribution in [0, 0.1) is 13.8 Å². The lowest BCUT2D eigenvalue weighted by Gasteiger charge is -2.31. The second-order valence-corrected chi connectivity index (χ2v) is 4.99. The molecule has 0 unspecified atom stereocenters. The molecule has 2 rings (SSSR count). The summed E-state index contributed by atoms with van der Waals surface area (Å²) in [5.41, 5.74) is 2.43. The summed E-state index contributed by atoms with van der Waals surface area (Å²) in [6.07, 6.45) is 0. The van der Waals surface area contributed by atoms with Gasteiger partial charge in [0.1, 0.15) is 11.6 Å². The van der Waals surface area contributed by atoms with Crippen molar-refractivity contribution in [3.8, 4) is 0 Å². The minimum atomic E-state index is 0.473. The summed E-state index contributed by atoms with van der Waals surface area (Å²) in [4.78, 5) is 11.5. The summed E-state index contributed by atoms with van der Waals surface area (Å²) in [5, 5.41) is 3.38. The average molecular weight is 234 g/mol. The molecule has 0 aromatic carbocycles. The zero-order chi connectivity index (χ0) is 12.4. The van der Waals surface area contributed by atoms with Gasteiger partial charge in [-0.05, 0) is 19.8 Å². The van der Waals surface area contributed by atoms with Crippen molar-refractivity contribution < 1.29 is 0 Å². The van der Waals surface area contributed by atoms with Crippen LogP contribution < -0.4 is 10.2 Å². The van der Waals surface area contributed by atoms with Gasteiger partial charge < -0.3 is 10.2 Å². The van der Waals surface area contributed by atoms with Gasteiger partial charge in [0.05, 0.1) is 0 Å². The molecule has 1 N–H and O–H groups in total. The summed E-state index contributed by atoms with van der Waals surface area (Å²) in [5.74, 6) is 2.49. The van der Waals surface area contributed by atoms with Crippen LogP contribution in [-0.2, 0) is 0 Å². The van der Waals surface area contributed by atoms with Gasteiger partial charge in [-0.25, -0.2) is 9.97 Å². The largest absolute Gasteiger partial charge is 0.354 e. The van der Waals surface area contributed by atoms with Crippen molar-refractivity contribution in [3.63, 3.8) is 0 Å². The van der Waals surface area contributed by atoms with Gasteiger partial charge in [-0.3, -0.25) is 0 Å². The zero-order valence-electron chi connectivity index (χ0n) is 11.2. The molecule has 0 saturated carbocycles. The average Bonchev–Trinajstić information content (AvgIpc) is 2.28. The molecule has 2 heterocycles. The molecule has 1 aliphatic heterocycles. The van der Waals surface area contributed by atoms with E-state index in [1.54, 1.807) is 0 Å². The lowest BCUT2D eigenvalue weighted by atomic mass is 10.0. The maximum atomic E-state index is 4.67. The van der Waals surface area contributed by atoms with Crippen molar-refractivity contribution in [1.82, 2.24) is 15.3 Å². The summed E-state index contributed by atoms with van der Waals surface area (Å²) < 4.78 is 0. The van der Waals surface area contributed by atoms with E-state index >= 15 is 0 Å². The Labute approximate surface area is 103 Å². The molecule has 0 aliphatic carbocycles. The van der Waals surface area contributed by atoms with Crippen LogP contribution in [0.4, 0.5) is 5.82 Å². The molecule has 0 atom stereocenters. The molecule has 0 amide bonds. The zero-order valence-corrected chi connectivity index (χ0v) is 11.2. The number of aryl methyl sites for hydroxylation is 2. The Morgan fingerprint density at radius 3 is 2.35 bits per heavy atom. The molecule has 1 saturated heterocycles. The molecular formula is C13H22N4. The van der Waals surface area contributed by atoms with E-state index in [-0.39, 0.29) is 0 Å². The Bertz CT molecular complexity index is 395. The fraction of sp³-hybridized carbons (Fsp3) is 0.692. The predicted molar refractivity (Wildman–Crippen MR) is 70.7 cm³/mol. The van der Waals surface area contributed by atoms with Crippen LogP contribution in [-0.4, -0.2) is 36.1 Å². The SMILES string of the molecule is Cc1nc(C)c(C(C)C)c(N2CCNCC2)n1. The molecule has 17 heavy (non-hydrogen) atoms. The molecule has 1 aromatic heterocycles. The van der Waals surface area contributed by atoms with E-state index in [0.29, 0.717) is 5.92 Å². The predicted octanol–water partition coefficient (Wildman–Crippen LogP) is 1.63. The highest BCUT2D eigenvalue weighted by atomic mass is 15.2. The van der Waals surface area contributed by atoms with E-state index in [2.05, 4.69) is 41.0 Å². The van der Waals surface area contributed by atoms with E-state index in [1.807, 2.05) is 6.92 Å². The number of nitrogens with one attached hydrogen (secondary N) is 1. The normalized spacial score (nSPS) is 16.6. The standard InChI is InChI=1S/C13H22N4/c1-9(2)12-10(3)15-11(4)16-13(12)17-7-5-14-6-8-17/h9,14H,5-8H2,1-4H3. The maximum Gasteiger partial charge on any atom is 0.136 e.